The Bertz CT molecular complexity index is 956. The van der Waals surface area contributed by atoms with Crippen LogP contribution in [0.25, 0.3) is 22.0 Å². The first kappa shape index (κ1) is 16.3. The van der Waals surface area contributed by atoms with Crippen LogP contribution in [0.5, 0.6) is 5.75 Å². The van der Waals surface area contributed by atoms with E-state index in [-0.39, 0.29) is 0 Å². The molecule has 3 aromatic rings. The van der Waals surface area contributed by atoms with E-state index in [2.05, 4.69) is 10.2 Å². The van der Waals surface area contributed by atoms with E-state index in [1.807, 2.05) is 53.4 Å². The van der Waals surface area contributed by atoms with Gasteiger partial charge in [-0.3, -0.25) is 0 Å². The fraction of sp³-hybridized carbons (Fsp3) is 0.250. The third-order valence-electron chi connectivity index (χ3n) is 4.84. The standard InChI is InChI=1S/C20H19N3O3/c1-26-14-10-8-13(9-11-14)18-15-5-2-3-6-16(15)19(22-21-18)23-12-4-7-17(23)20(24)25/h2-3,5-6,8-11,17H,4,7,12H2,1H3,(H,24,25)/t17-/m1/s1. The molecule has 2 heterocycles. The van der Waals surface area contributed by atoms with E-state index in [9.17, 15) is 9.90 Å². The Balaban J connectivity index is 1.84. The Morgan fingerprint density at radius 2 is 1.85 bits per heavy atom. The van der Waals surface area contributed by atoms with E-state index < -0.39 is 12.0 Å². The van der Waals surface area contributed by atoms with E-state index >= 15 is 0 Å². The van der Waals surface area contributed by atoms with Crippen molar-refractivity contribution in [3.8, 4) is 17.0 Å². The third-order valence-corrected chi connectivity index (χ3v) is 4.84. The Morgan fingerprint density at radius 1 is 1.12 bits per heavy atom. The topological polar surface area (TPSA) is 75.6 Å². The number of nitrogens with zero attached hydrogens (tertiary/aromatic N) is 3. The summed E-state index contributed by atoms with van der Waals surface area (Å²) in [5, 5.41) is 20.2. The Morgan fingerprint density at radius 3 is 2.54 bits per heavy atom. The van der Waals surface area contributed by atoms with Crippen molar-refractivity contribution < 1.29 is 14.6 Å². The summed E-state index contributed by atoms with van der Waals surface area (Å²) in [7, 11) is 1.63. The first-order chi connectivity index (χ1) is 12.7. The number of carboxylic acid groups (broad SMARTS) is 1. The number of aliphatic carboxylic acids is 1. The van der Waals surface area contributed by atoms with Crippen LogP contribution in [0.1, 0.15) is 12.8 Å². The molecule has 2 aromatic carbocycles. The maximum atomic E-state index is 11.6. The summed E-state index contributed by atoms with van der Waals surface area (Å²) in [5.74, 6) is 0.611. The van der Waals surface area contributed by atoms with Gasteiger partial charge in [0.15, 0.2) is 5.82 Å². The highest BCUT2D eigenvalue weighted by Gasteiger charge is 2.32. The van der Waals surface area contributed by atoms with Crippen LogP contribution in [0, 0.1) is 0 Å². The van der Waals surface area contributed by atoms with Crippen LogP contribution in [0.15, 0.2) is 48.5 Å². The van der Waals surface area contributed by atoms with Crippen molar-refractivity contribution >= 4 is 22.6 Å². The number of hydrogen-bond acceptors (Lipinski definition) is 5. The van der Waals surface area contributed by atoms with Gasteiger partial charge < -0.3 is 14.7 Å². The fourth-order valence-electron chi connectivity index (χ4n) is 3.54. The molecule has 0 saturated carbocycles. The summed E-state index contributed by atoms with van der Waals surface area (Å²) in [6, 6.07) is 15.0. The average Bonchev–Trinajstić information content (AvgIpc) is 3.17. The average molecular weight is 349 g/mol. The molecule has 4 rings (SSSR count). The Hall–Kier alpha value is -3.15. The number of anilines is 1. The second kappa shape index (κ2) is 6.63. The van der Waals surface area contributed by atoms with Gasteiger partial charge in [-0.05, 0) is 37.1 Å². The predicted octanol–water partition coefficient (Wildman–Crippen LogP) is 3.36. The Labute approximate surface area is 151 Å². The van der Waals surface area contributed by atoms with Gasteiger partial charge in [0.25, 0.3) is 0 Å². The summed E-state index contributed by atoms with van der Waals surface area (Å²) < 4.78 is 5.22. The van der Waals surface area contributed by atoms with Crippen molar-refractivity contribution in [2.45, 2.75) is 18.9 Å². The minimum atomic E-state index is -0.812. The molecular formula is C20H19N3O3. The Kier molecular flexibility index (Phi) is 4.16. The van der Waals surface area contributed by atoms with Crippen LogP contribution in [-0.4, -0.2) is 41.0 Å². The van der Waals surface area contributed by atoms with Crippen LogP contribution in [0.4, 0.5) is 5.82 Å². The molecule has 6 nitrogen and oxygen atoms in total. The van der Waals surface area contributed by atoms with E-state index in [0.717, 1.165) is 34.2 Å². The van der Waals surface area contributed by atoms with Crippen LogP contribution in [-0.2, 0) is 4.79 Å². The highest BCUT2D eigenvalue weighted by atomic mass is 16.5. The summed E-state index contributed by atoms with van der Waals surface area (Å²) in [6.07, 6.45) is 1.47. The van der Waals surface area contributed by atoms with Crippen LogP contribution >= 0.6 is 0 Å². The van der Waals surface area contributed by atoms with Crippen molar-refractivity contribution in [2.24, 2.45) is 0 Å². The van der Waals surface area contributed by atoms with Gasteiger partial charge in [-0.2, -0.15) is 0 Å². The first-order valence-electron chi connectivity index (χ1n) is 8.58. The number of aromatic nitrogens is 2. The second-order valence-corrected chi connectivity index (χ2v) is 6.34. The minimum Gasteiger partial charge on any atom is -0.497 e. The molecule has 0 unspecified atom stereocenters. The van der Waals surface area contributed by atoms with Crippen molar-refractivity contribution in [3.63, 3.8) is 0 Å². The van der Waals surface area contributed by atoms with Gasteiger partial charge in [0.1, 0.15) is 17.5 Å². The molecule has 132 valence electrons. The van der Waals surface area contributed by atoms with Gasteiger partial charge in [0.05, 0.1) is 7.11 Å². The maximum Gasteiger partial charge on any atom is 0.326 e. The molecule has 1 aromatic heterocycles. The molecule has 26 heavy (non-hydrogen) atoms. The SMILES string of the molecule is COc1ccc(-c2nnc(N3CCC[C@@H]3C(=O)O)c3ccccc23)cc1. The van der Waals surface area contributed by atoms with Crippen molar-refractivity contribution in [3.05, 3.63) is 48.5 Å². The molecule has 1 saturated heterocycles. The van der Waals surface area contributed by atoms with E-state index in [1.54, 1.807) is 7.11 Å². The minimum absolute atomic E-state index is 0.542. The van der Waals surface area contributed by atoms with Crippen LogP contribution < -0.4 is 9.64 Å². The molecule has 0 aliphatic carbocycles. The van der Waals surface area contributed by atoms with Gasteiger partial charge in [-0.15, -0.1) is 10.2 Å². The van der Waals surface area contributed by atoms with E-state index in [0.29, 0.717) is 18.8 Å². The van der Waals surface area contributed by atoms with Gasteiger partial charge in [0, 0.05) is 22.9 Å². The maximum absolute atomic E-state index is 11.6. The third kappa shape index (κ3) is 2.73. The number of benzene rings is 2. The predicted molar refractivity (Wildman–Crippen MR) is 99.5 cm³/mol. The lowest BCUT2D eigenvalue weighted by Crippen LogP contribution is -2.36. The number of rotatable bonds is 4. The lowest BCUT2D eigenvalue weighted by Gasteiger charge is -2.23. The highest BCUT2D eigenvalue weighted by molar-refractivity contribution is 6.01. The van der Waals surface area contributed by atoms with E-state index in [1.165, 1.54) is 0 Å². The summed E-state index contributed by atoms with van der Waals surface area (Å²) in [5.41, 5.74) is 1.72. The van der Waals surface area contributed by atoms with E-state index in [4.69, 9.17) is 4.74 Å². The van der Waals surface area contributed by atoms with Gasteiger partial charge in [-0.25, -0.2) is 4.79 Å². The number of methoxy groups -OCH3 is 1. The molecule has 1 fully saturated rings. The number of carboxylic acids is 1. The summed E-state index contributed by atoms with van der Waals surface area (Å²) >= 11 is 0. The number of hydrogen-bond donors (Lipinski definition) is 1. The molecule has 6 heteroatoms. The van der Waals surface area contributed by atoms with Crippen LogP contribution in [0.2, 0.25) is 0 Å². The molecule has 1 atom stereocenters. The fourth-order valence-corrected chi connectivity index (χ4v) is 3.54. The quantitative estimate of drug-likeness (QED) is 0.778. The van der Waals surface area contributed by atoms with Gasteiger partial charge >= 0.3 is 5.97 Å². The lowest BCUT2D eigenvalue weighted by molar-refractivity contribution is -0.138. The second-order valence-electron chi connectivity index (χ2n) is 6.34. The van der Waals surface area contributed by atoms with Crippen molar-refractivity contribution in [1.29, 1.82) is 0 Å². The number of ether oxygens (including phenoxy) is 1. The first-order valence-corrected chi connectivity index (χ1v) is 8.58. The lowest BCUT2D eigenvalue weighted by atomic mass is 10.0. The van der Waals surface area contributed by atoms with Gasteiger partial charge in [-0.1, -0.05) is 24.3 Å². The van der Waals surface area contributed by atoms with Crippen LogP contribution in [0.3, 0.4) is 0 Å². The van der Waals surface area contributed by atoms with Gasteiger partial charge in [0.2, 0.25) is 0 Å². The molecule has 1 aliphatic rings. The number of fused-ring (bicyclic) bond motifs is 1. The normalized spacial score (nSPS) is 16.8. The zero-order valence-corrected chi connectivity index (χ0v) is 14.4. The summed E-state index contributed by atoms with van der Waals surface area (Å²) in [6.45, 7) is 0.678. The highest BCUT2D eigenvalue weighted by Crippen LogP contribution is 2.34. The van der Waals surface area contributed by atoms with Crippen molar-refractivity contribution in [1.82, 2.24) is 10.2 Å². The molecule has 0 radical (unpaired) electrons. The zero-order valence-electron chi connectivity index (χ0n) is 14.4. The molecular weight excluding hydrogens is 330 g/mol. The number of carbonyl (C=O) groups is 1. The monoisotopic (exact) mass is 349 g/mol. The largest absolute Gasteiger partial charge is 0.497 e. The molecule has 0 spiro atoms. The molecule has 1 aliphatic heterocycles. The van der Waals surface area contributed by atoms with Crippen molar-refractivity contribution in [2.75, 3.05) is 18.6 Å². The molecule has 0 amide bonds. The molecule has 0 bridgehead atoms. The zero-order chi connectivity index (χ0) is 18.1. The summed E-state index contributed by atoms with van der Waals surface area (Å²) in [4.78, 5) is 13.4. The molecule has 1 N–H and O–H groups in total. The smallest absolute Gasteiger partial charge is 0.326 e.